The van der Waals surface area contributed by atoms with Gasteiger partial charge in [0.05, 0.1) is 17.9 Å². The number of nitrogens with one attached hydrogen (secondary N) is 1. The molecule has 4 rings (SSSR count). The van der Waals surface area contributed by atoms with Gasteiger partial charge in [-0.05, 0) is 42.7 Å². The van der Waals surface area contributed by atoms with Crippen LogP contribution in [0.2, 0.25) is 0 Å². The fourth-order valence-electron chi connectivity index (χ4n) is 3.32. The molecule has 1 aliphatic rings. The molecule has 3 aromatic rings. The molecule has 0 bridgehead atoms. The van der Waals surface area contributed by atoms with Gasteiger partial charge in [0.1, 0.15) is 0 Å². The first kappa shape index (κ1) is 20.2. The molecule has 0 radical (unpaired) electrons. The summed E-state index contributed by atoms with van der Waals surface area (Å²) in [6.45, 7) is 1.25. The summed E-state index contributed by atoms with van der Waals surface area (Å²) < 4.78 is 31.9. The summed E-state index contributed by atoms with van der Waals surface area (Å²) in [5.74, 6) is 0.477. The second-order valence-corrected chi connectivity index (χ2v) is 9.02. The van der Waals surface area contributed by atoms with Crippen molar-refractivity contribution in [3.63, 3.8) is 0 Å². The number of aromatic nitrogens is 2. The number of nitrogens with zero attached hydrogens (tertiary/aromatic N) is 3. The van der Waals surface area contributed by atoms with E-state index < -0.39 is 10.0 Å². The Morgan fingerprint density at radius 1 is 1.03 bits per heavy atom. The summed E-state index contributed by atoms with van der Waals surface area (Å²) in [7, 11) is -3.45. The number of carbonyl (C=O) groups excluding carboxylic acids is 1. The lowest BCUT2D eigenvalue weighted by Crippen LogP contribution is -2.27. The van der Waals surface area contributed by atoms with E-state index in [-0.39, 0.29) is 29.7 Å². The van der Waals surface area contributed by atoms with E-state index in [0.29, 0.717) is 24.5 Å². The quantitative estimate of drug-likeness (QED) is 0.622. The second kappa shape index (κ2) is 8.76. The summed E-state index contributed by atoms with van der Waals surface area (Å²) in [6.07, 6.45) is 2.06. The molecule has 30 heavy (non-hydrogen) atoms. The first-order chi connectivity index (χ1) is 14.5. The van der Waals surface area contributed by atoms with Crippen molar-refractivity contribution in [1.29, 1.82) is 0 Å². The highest BCUT2D eigenvalue weighted by Crippen LogP contribution is 2.23. The van der Waals surface area contributed by atoms with Crippen LogP contribution in [-0.2, 0) is 27.8 Å². The van der Waals surface area contributed by atoms with Crippen LogP contribution in [0.3, 0.4) is 0 Å². The monoisotopic (exact) mass is 426 g/mol. The standard InChI is InChI=1S/C21H22N4O4S/c26-19(14-16-6-2-1-3-7-16)22-15-20-23-21(24-29-20)17-8-10-18(11-9-17)30(27,28)25-12-4-5-13-25/h1-3,6-11H,4-5,12-15H2,(H,22,26). The Morgan fingerprint density at radius 3 is 2.43 bits per heavy atom. The average molecular weight is 426 g/mol. The Labute approximate surface area is 175 Å². The van der Waals surface area contributed by atoms with Crippen molar-refractivity contribution in [3.05, 3.63) is 66.1 Å². The average Bonchev–Trinajstić information content (AvgIpc) is 3.46. The smallest absolute Gasteiger partial charge is 0.246 e. The van der Waals surface area contributed by atoms with Gasteiger partial charge in [-0.3, -0.25) is 4.79 Å². The topological polar surface area (TPSA) is 105 Å². The minimum absolute atomic E-state index is 0.125. The lowest BCUT2D eigenvalue weighted by molar-refractivity contribution is -0.120. The van der Waals surface area contributed by atoms with E-state index in [4.69, 9.17) is 4.52 Å². The lowest BCUT2D eigenvalue weighted by Gasteiger charge is -2.15. The van der Waals surface area contributed by atoms with Crippen LogP contribution in [0.1, 0.15) is 24.3 Å². The maximum Gasteiger partial charge on any atom is 0.246 e. The van der Waals surface area contributed by atoms with E-state index in [0.717, 1.165) is 18.4 Å². The van der Waals surface area contributed by atoms with Crippen molar-refractivity contribution in [2.45, 2.75) is 30.7 Å². The van der Waals surface area contributed by atoms with Gasteiger partial charge in [0.2, 0.25) is 27.6 Å². The van der Waals surface area contributed by atoms with E-state index >= 15 is 0 Å². The molecule has 1 fully saturated rings. The third kappa shape index (κ3) is 4.58. The normalized spacial score (nSPS) is 14.7. The van der Waals surface area contributed by atoms with Gasteiger partial charge < -0.3 is 9.84 Å². The number of benzene rings is 2. The highest BCUT2D eigenvalue weighted by molar-refractivity contribution is 7.89. The number of hydrogen-bond acceptors (Lipinski definition) is 6. The summed E-state index contributed by atoms with van der Waals surface area (Å²) in [5.41, 5.74) is 1.56. The third-order valence-corrected chi connectivity index (χ3v) is 6.84. The number of amides is 1. The van der Waals surface area contributed by atoms with E-state index in [9.17, 15) is 13.2 Å². The van der Waals surface area contributed by atoms with E-state index in [2.05, 4.69) is 15.5 Å². The molecule has 0 spiro atoms. The number of hydrogen-bond donors (Lipinski definition) is 1. The van der Waals surface area contributed by atoms with E-state index in [1.54, 1.807) is 24.3 Å². The summed E-state index contributed by atoms with van der Waals surface area (Å²) in [6, 6.07) is 15.9. The predicted octanol–water partition coefficient (Wildman–Crippen LogP) is 2.38. The van der Waals surface area contributed by atoms with Gasteiger partial charge >= 0.3 is 0 Å². The first-order valence-electron chi connectivity index (χ1n) is 9.76. The van der Waals surface area contributed by atoms with Crippen LogP contribution in [0.4, 0.5) is 0 Å². The van der Waals surface area contributed by atoms with E-state index in [1.165, 1.54) is 4.31 Å². The highest BCUT2D eigenvalue weighted by Gasteiger charge is 2.27. The van der Waals surface area contributed by atoms with Crippen molar-refractivity contribution in [3.8, 4) is 11.4 Å². The van der Waals surface area contributed by atoms with Crippen molar-refractivity contribution in [1.82, 2.24) is 19.8 Å². The summed E-state index contributed by atoms with van der Waals surface area (Å²) in [5, 5.41) is 6.67. The van der Waals surface area contributed by atoms with Crippen LogP contribution in [-0.4, -0.2) is 41.9 Å². The molecule has 1 saturated heterocycles. The lowest BCUT2D eigenvalue weighted by atomic mass is 10.1. The van der Waals surface area contributed by atoms with Crippen molar-refractivity contribution in [2.24, 2.45) is 0 Å². The van der Waals surface area contributed by atoms with Gasteiger partial charge in [0.15, 0.2) is 0 Å². The Kier molecular flexibility index (Phi) is 5.91. The highest BCUT2D eigenvalue weighted by atomic mass is 32.2. The number of carbonyl (C=O) groups is 1. The molecule has 9 heteroatoms. The molecule has 0 unspecified atom stereocenters. The van der Waals surface area contributed by atoms with Crippen LogP contribution in [0, 0.1) is 0 Å². The van der Waals surface area contributed by atoms with E-state index in [1.807, 2.05) is 30.3 Å². The molecule has 8 nitrogen and oxygen atoms in total. The zero-order valence-corrected chi connectivity index (χ0v) is 17.1. The third-order valence-electron chi connectivity index (χ3n) is 4.93. The maximum absolute atomic E-state index is 12.6. The number of rotatable bonds is 7. The molecule has 1 aliphatic heterocycles. The minimum atomic E-state index is -3.45. The molecule has 1 amide bonds. The van der Waals surface area contributed by atoms with Crippen LogP contribution < -0.4 is 5.32 Å². The second-order valence-electron chi connectivity index (χ2n) is 7.09. The van der Waals surface area contributed by atoms with Crippen LogP contribution in [0.15, 0.2) is 64.0 Å². The van der Waals surface area contributed by atoms with Gasteiger partial charge in [0, 0.05) is 18.7 Å². The zero-order chi connectivity index (χ0) is 21.0. The fraction of sp³-hybridized carbons (Fsp3) is 0.286. The molecule has 0 saturated carbocycles. The minimum Gasteiger partial charge on any atom is -0.347 e. The van der Waals surface area contributed by atoms with Crippen molar-refractivity contribution in [2.75, 3.05) is 13.1 Å². The largest absolute Gasteiger partial charge is 0.347 e. The van der Waals surface area contributed by atoms with Crippen molar-refractivity contribution >= 4 is 15.9 Å². The van der Waals surface area contributed by atoms with Gasteiger partial charge in [-0.1, -0.05) is 35.5 Å². The molecule has 0 aliphatic carbocycles. The Balaban J connectivity index is 1.37. The molecule has 2 aromatic carbocycles. The van der Waals surface area contributed by atoms with Crippen LogP contribution in [0.25, 0.3) is 11.4 Å². The zero-order valence-electron chi connectivity index (χ0n) is 16.3. The fourth-order valence-corrected chi connectivity index (χ4v) is 4.83. The molecule has 156 valence electrons. The van der Waals surface area contributed by atoms with Crippen LogP contribution in [0.5, 0.6) is 0 Å². The predicted molar refractivity (Wildman–Crippen MR) is 110 cm³/mol. The summed E-state index contributed by atoms with van der Waals surface area (Å²) in [4.78, 5) is 16.6. The Morgan fingerprint density at radius 2 is 1.73 bits per heavy atom. The molecular formula is C21H22N4O4S. The first-order valence-corrected chi connectivity index (χ1v) is 11.2. The molecule has 2 heterocycles. The molecule has 1 aromatic heterocycles. The van der Waals surface area contributed by atoms with Gasteiger partial charge in [-0.15, -0.1) is 0 Å². The van der Waals surface area contributed by atoms with Gasteiger partial charge in [-0.2, -0.15) is 9.29 Å². The number of sulfonamides is 1. The van der Waals surface area contributed by atoms with Gasteiger partial charge in [-0.25, -0.2) is 8.42 Å². The molecule has 1 N–H and O–H groups in total. The van der Waals surface area contributed by atoms with Crippen molar-refractivity contribution < 1.29 is 17.7 Å². The van der Waals surface area contributed by atoms with Gasteiger partial charge in [0.25, 0.3) is 0 Å². The van der Waals surface area contributed by atoms with Crippen LogP contribution >= 0.6 is 0 Å². The molecule has 0 atom stereocenters. The Hall–Kier alpha value is -3.04. The molecular weight excluding hydrogens is 404 g/mol. The summed E-state index contributed by atoms with van der Waals surface area (Å²) >= 11 is 0. The Bertz CT molecular complexity index is 1110. The SMILES string of the molecule is O=C(Cc1ccccc1)NCc1nc(-c2ccc(S(=O)(=O)N3CCCC3)cc2)no1. The maximum atomic E-state index is 12.6.